The van der Waals surface area contributed by atoms with Gasteiger partial charge in [0.05, 0.1) is 11.7 Å². The highest BCUT2D eigenvalue weighted by molar-refractivity contribution is 9.10. The molecule has 1 atom stereocenters. The molecular formula is C13H17BrFNO2. The average Bonchev–Trinajstić information content (AvgIpc) is 2.28. The van der Waals surface area contributed by atoms with Crippen molar-refractivity contribution in [3.05, 3.63) is 34.1 Å². The molecule has 0 aliphatic rings. The summed E-state index contributed by atoms with van der Waals surface area (Å²) < 4.78 is 13.6. The van der Waals surface area contributed by atoms with Crippen molar-refractivity contribution in [2.45, 2.75) is 26.4 Å². The van der Waals surface area contributed by atoms with Crippen molar-refractivity contribution in [1.82, 2.24) is 5.32 Å². The summed E-state index contributed by atoms with van der Waals surface area (Å²) in [6.07, 6.45) is 0.0335. The van der Waals surface area contributed by atoms with Crippen LogP contribution in [-0.4, -0.2) is 23.7 Å². The third-order valence-corrected chi connectivity index (χ3v) is 3.11. The van der Waals surface area contributed by atoms with Gasteiger partial charge in [-0.1, -0.05) is 13.8 Å². The molecule has 1 aromatic carbocycles. The van der Waals surface area contributed by atoms with Crippen molar-refractivity contribution >= 4 is 21.8 Å². The smallest absolute Gasteiger partial charge is 0.252 e. The summed E-state index contributed by atoms with van der Waals surface area (Å²) in [5, 5.41) is 12.2. The van der Waals surface area contributed by atoms with Gasteiger partial charge in [0.15, 0.2) is 0 Å². The van der Waals surface area contributed by atoms with E-state index in [0.717, 1.165) is 6.07 Å². The Hall–Kier alpha value is -0.940. The molecule has 5 heteroatoms. The first-order valence-electron chi connectivity index (χ1n) is 5.81. The number of carbonyl (C=O) groups is 1. The second-order valence-corrected chi connectivity index (χ2v) is 5.47. The summed E-state index contributed by atoms with van der Waals surface area (Å²) in [7, 11) is 0. The molecule has 18 heavy (non-hydrogen) atoms. The predicted octanol–water partition coefficient (Wildman–Crippen LogP) is 2.73. The van der Waals surface area contributed by atoms with Crippen molar-refractivity contribution in [3.63, 3.8) is 0 Å². The number of carbonyl (C=O) groups excluding carboxylic acids is 1. The van der Waals surface area contributed by atoms with E-state index in [2.05, 4.69) is 21.2 Å². The maximum absolute atomic E-state index is 13.0. The van der Waals surface area contributed by atoms with E-state index in [9.17, 15) is 14.3 Å². The third-order valence-electron chi connectivity index (χ3n) is 2.41. The lowest BCUT2D eigenvalue weighted by atomic mass is 10.1. The molecule has 1 unspecified atom stereocenters. The predicted molar refractivity (Wildman–Crippen MR) is 71.9 cm³/mol. The number of hydrogen-bond acceptors (Lipinski definition) is 2. The van der Waals surface area contributed by atoms with Gasteiger partial charge in [-0.15, -0.1) is 0 Å². The van der Waals surface area contributed by atoms with Gasteiger partial charge < -0.3 is 10.4 Å². The first-order chi connectivity index (χ1) is 8.40. The molecule has 0 fully saturated rings. The van der Waals surface area contributed by atoms with Crippen LogP contribution in [0, 0.1) is 11.7 Å². The minimum Gasteiger partial charge on any atom is -0.391 e. The molecule has 2 N–H and O–H groups in total. The molecule has 0 spiro atoms. The minimum atomic E-state index is -0.582. The summed E-state index contributed by atoms with van der Waals surface area (Å²) >= 11 is 3.19. The summed E-state index contributed by atoms with van der Waals surface area (Å²) in [5.41, 5.74) is 0.228. The highest BCUT2D eigenvalue weighted by Gasteiger charge is 2.13. The largest absolute Gasteiger partial charge is 0.391 e. The maximum Gasteiger partial charge on any atom is 0.252 e. The van der Waals surface area contributed by atoms with Crippen LogP contribution in [0.3, 0.4) is 0 Å². The number of amides is 1. The molecule has 0 saturated heterocycles. The average molecular weight is 318 g/mol. The zero-order valence-corrected chi connectivity index (χ0v) is 12.0. The van der Waals surface area contributed by atoms with E-state index in [1.807, 2.05) is 13.8 Å². The number of aliphatic hydroxyl groups excluding tert-OH is 1. The quantitative estimate of drug-likeness (QED) is 0.877. The Bertz CT molecular complexity index is 423. The maximum atomic E-state index is 13.0. The van der Waals surface area contributed by atoms with Gasteiger partial charge in [0.25, 0.3) is 5.91 Å². The Morgan fingerprint density at radius 2 is 2.17 bits per heavy atom. The lowest BCUT2D eigenvalue weighted by Gasteiger charge is -2.14. The molecule has 0 radical (unpaired) electrons. The van der Waals surface area contributed by atoms with Gasteiger partial charge >= 0.3 is 0 Å². The number of benzene rings is 1. The second kappa shape index (κ2) is 6.85. The Kier molecular flexibility index (Phi) is 5.75. The fourth-order valence-corrected chi connectivity index (χ4v) is 2.03. The first-order valence-corrected chi connectivity index (χ1v) is 6.60. The number of aliphatic hydroxyl groups is 1. The highest BCUT2D eigenvalue weighted by Crippen LogP contribution is 2.17. The summed E-state index contributed by atoms with van der Waals surface area (Å²) in [6.45, 7) is 4.16. The Morgan fingerprint density at radius 1 is 1.50 bits per heavy atom. The molecule has 1 amide bonds. The van der Waals surface area contributed by atoms with Crippen LogP contribution in [0.1, 0.15) is 30.6 Å². The molecule has 0 heterocycles. The summed E-state index contributed by atoms with van der Waals surface area (Å²) in [4.78, 5) is 11.8. The van der Waals surface area contributed by atoms with E-state index in [-0.39, 0.29) is 12.1 Å². The molecule has 1 aromatic rings. The van der Waals surface area contributed by atoms with Crippen LogP contribution >= 0.6 is 15.9 Å². The van der Waals surface area contributed by atoms with Crippen LogP contribution < -0.4 is 5.32 Å². The number of halogens is 2. The van der Waals surface area contributed by atoms with Crippen molar-refractivity contribution < 1.29 is 14.3 Å². The van der Waals surface area contributed by atoms with Crippen LogP contribution in [0.2, 0.25) is 0 Å². The topological polar surface area (TPSA) is 49.3 Å². The van der Waals surface area contributed by atoms with E-state index in [0.29, 0.717) is 16.8 Å². The number of hydrogen-bond donors (Lipinski definition) is 2. The van der Waals surface area contributed by atoms with E-state index >= 15 is 0 Å². The number of nitrogens with one attached hydrogen (secondary N) is 1. The van der Waals surface area contributed by atoms with Gasteiger partial charge in [-0.25, -0.2) is 4.39 Å². The van der Waals surface area contributed by atoms with Gasteiger partial charge in [0, 0.05) is 11.0 Å². The minimum absolute atomic E-state index is 0.167. The lowest BCUT2D eigenvalue weighted by Crippen LogP contribution is -2.33. The van der Waals surface area contributed by atoms with Crippen molar-refractivity contribution in [2.24, 2.45) is 5.92 Å². The zero-order chi connectivity index (χ0) is 13.7. The highest BCUT2D eigenvalue weighted by atomic mass is 79.9. The molecule has 0 bridgehead atoms. The van der Waals surface area contributed by atoms with Gasteiger partial charge in [-0.2, -0.15) is 0 Å². The molecule has 3 nitrogen and oxygen atoms in total. The Labute approximate surface area is 115 Å². The lowest BCUT2D eigenvalue weighted by molar-refractivity contribution is 0.0899. The van der Waals surface area contributed by atoms with Gasteiger partial charge in [0.1, 0.15) is 5.82 Å². The van der Waals surface area contributed by atoms with Crippen LogP contribution in [0.4, 0.5) is 4.39 Å². The fraction of sp³-hybridized carbons (Fsp3) is 0.462. The number of rotatable bonds is 5. The van der Waals surface area contributed by atoms with Crippen molar-refractivity contribution in [2.75, 3.05) is 6.54 Å². The SMILES string of the molecule is CC(C)CC(O)CNC(=O)c1cc(F)ccc1Br. The van der Waals surface area contributed by atoms with E-state index in [4.69, 9.17) is 0 Å². The molecular weight excluding hydrogens is 301 g/mol. The second-order valence-electron chi connectivity index (χ2n) is 4.62. The molecule has 0 saturated carbocycles. The van der Waals surface area contributed by atoms with Crippen molar-refractivity contribution in [3.8, 4) is 0 Å². The van der Waals surface area contributed by atoms with Crippen LogP contribution in [0.15, 0.2) is 22.7 Å². The van der Waals surface area contributed by atoms with Gasteiger partial charge in [0.2, 0.25) is 0 Å². The monoisotopic (exact) mass is 317 g/mol. The standard InChI is InChI=1S/C13H17BrFNO2/c1-8(2)5-10(17)7-16-13(18)11-6-9(15)3-4-12(11)14/h3-4,6,8,10,17H,5,7H2,1-2H3,(H,16,18). The summed E-state index contributed by atoms with van der Waals surface area (Å²) in [5.74, 6) is -0.506. The van der Waals surface area contributed by atoms with Gasteiger partial charge in [-0.3, -0.25) is 4.79 Å². The van der Waals surface area contributed by atoms with Crippen LogP contribution in [0.5, 0.6) is 0 Å². The third kappa shape index (κ3) is 4.74. The molecule has 0 aliphatic carbocycles. The van der Waals surface area contributed by atoms with Crippen LogP contribution in [0.25, 0.3) is 0 Å². The molecule has 0 aliphatic heterocycles. The Morgan fingerprint density at radius 3 is 2.78 bits per heavy atom. The normalized spacial score (nSPS) is 12.6. The zero-order valence-electron chi connectivity index (χ0n) is 10.4. The molecule has 1 rings (SSSR count). The molecule has 100 valence electrons. The van der Waals surface area contributed by atoms with E-state index in [1.165, 1.54) is 12.1 Å². The van der Waals surface area contributed by atoms with Crippen LogP contribution in [-0.2, 0) is 0 Å². The van der Waals surface area contributed by atoms with E-state index in [1.54, 1.807) is 0 Å². The Balaban J connectivity index is 2.58. The van der Waals surface area contributed by atoms with Gasteiger partial charge in [-0.05, 0) is 46.5 Å². The summed E-state index contributed by atoms with van der Waals surface area (Å²) in [6, 6.07) is 3.91. The van der Waals surface area contributed by atoms with Crippen molar-refractivity contribution in [1.29, 1.82) is 0 Å². The molecule has 0 aromatic heterocycles. The fourth-order valence-electron chi connectivity index (χ4n) is 1.60. The first kappa shape index (κ1) is 15.1. The van der Waals surface area contributed by atoms with E-state index < -0.39 is 17.8 Å².